The molecule has 0 atom stereocenters. The minimum atomic E-state index is 0.418. The number of hydrogen-bond donors (Lipinski definition) is 1. The van der Waals surface area contributed by atoms with Gasteiger partial charge >= 0.3 is 0 Å². The lowest BCUT2D eigenvalue weighted by Gasteiger charge is -2.33. The van der Waals surface area contributed by atoms with Crippen molar-refractivity contribution in [3.63, 3.8) is 0 Å². The Bertz CT molecular complexity index is 838. The third kappa shape index (κ3) is 2.97. The highest BCUT2D eigenvalue weighted by Gasteiger charge is 2.22. The summed E-state index contributed by atoms with van der Waals surface area (Å²) in [5.74, 6) is 1.88. The topological polar surface area (TPSA) is 79.7 Å². The van der Waals surface area contributed by atoms with Gasteiger partial charge in [0.1, 0.15) is 24.3 Å². The van der Waals surface area contributed by atoms with E-state index in [-0.39, 0.29) is 0 Å². The Balaban J connectivity index is 1.46. The molecule has 7 nitrogen and oxygen atoms in total. The van der Waals surface area contributed by atoms with Crippen LogP contribution in [0.25, 0.3) is 11.0 Å². The number of nitrogens with zero attached hydrogens (tertiary/aromatic N) is 6. The van der Waals surface area contributed by atoms with Gasteiger partial charge in [-0.3, -0.25) is 0 Å². The van der Waals surface area contributed by atoms with Gasteiger partial charge in [-0.05, 0) is 31.9 Å². The van der Waals surface area contributed by atoms with E-state index in [1.165, 1.54) is 0 Å². The highest BCUT2D eigenvalue weighted by Crippen LogP contribution is 2.25. The smallest absolute Gasteiger partial charge is 0.164 e. The van der Waals surface area contributed by atoms with Crippen molar-refractivity contribution in [3.8, 4) is 0 Å². The van der Waals surface area contributed by atoms with Crippen LogP contribution in [0.5, 0.6) is 0 Å². The number of aryl methyl sites for hydroxylation is 1. The first kappa shape index (κ1) is 14.7. The van der Waals surface area contributed by atoms with Gasteiger partial charge in [0.05, 0.1) is 5.39 Å². The Morgan fingerprint density at radius 2 is 1.88 bits per heavy atom. The van der Waals surface area contributed by atoms with Crippen LogP contribution in [0.2, 0.25) is 0 Å². The normalized spacial score (nSPS) is 15.6. The summed E-state index contributed by atoms with van der Waals surface area (Å²) in [4.78, 5) is 23.8. The highest BCUT2D eigenvalue weighted by molar-refractivity contribution is 5.86. The first-order valence-electron chi connectivity index (χ1n) is 8.15. The maximum atomic E-state index is 4.48. The van der Waals surface area contributed by atoms with Gasteiger partial charge < -0.3 is 10.2 Å². The van der Waals surface area contributed by atoms with E-state index in [0.29, 0.717) is 6.04 Å². The van der Waals surface area contributed by atoms with Crippen molar-refractivity contribution in [3.05, 3.63) is 42.7 Å². The predicted molar refractivity (Wildman–Crippen MR) is 93.0 cm³/mol. The van der Waals surface area contributed by atoms with Crippen LogP contribution >= 0.6 is 0 Å². The van der Waals surface area contributed by atoms with E-state index in [9.17, 15) is 0 Å². The largest absolute Gasteiger partial charge is 0.367 e. The molecule has 0 aliphatic carbocycles. The van der Waals surface area contributed by atoms with E-state index in [4.69, 9.17) is 0 Å². The molecule has 0 amide bonds. The zero-order chi connectivity index (χ0) is 16.4. The van der Waals surface area contributed by atoms with Gasteiger partial charge in [0.15, 0.2) is 5.65 Å². The van der Waals surface area contributed by atoms with Crippen LogP contribution in [0, 0.1) is 6.92 Å². The first-order chi connectivity index (χ1) is 11.8. The van der Waals surface area contributed by atoms with Crippen LogP contribution in [0.3, 0.4) is 0 Å². The van der Waals surface area contributed by atoms with E-state index in [2.05, 4.69) is 35.1 Å². The Morgan fingerprint density at radius 1 is 1.04 bits per heavy atom. The van der Waals surface area contributed by atoms with Gasteiger partial charge in [-0.1, -0.05) is 0 Å². The summed E-state index contributed by atoms with van der Waals surface area (Å²) >= 11 is 0. The molecule has 1 fully saturated rings. The third-order valence-electron chi connectivity index (χ3n) is 4.34. The van der Waals surface area contributed by atoms with Gasteiger partial charge in [-0.2, -0.15) is 0 Å². The molecule has 122 valence electrons. The maximum absolute atomic E-state index is 4.48. The maximum Gasteiger partial charge on any atom is 0.164 e. The van der Waals surface area contributed by atoms with E-state index in [1.807, 2.05) is 25.1 Å². The average Bonchev–Trinajstić information content (AvgIpc) is 2.62. The molecule has 0 radical (unpaired) electrons. The molecule has 24 heavy (non-hydrogen) atoms. The quantitative estimate of drug-likeness (QED) is 0.792. The van der Waals surface area contributed by atoms with Crippen molar-refractivity contribution in [2.45, 2.75) is 25.8 Å². The molecule has 1 aliphatic rings. The number of pyridine rings is 1. The molecule has 4 heterocycles. The zero-order valence-corrected chi connectivity index (χ0v) is 13.6. The standard InChI is InChI=1S/C17H19N7/c1-12-9-15(20-10-19-12)23-13-4-7-24(8-5-13)17-14-3-2-6-18-16(14)21-11-22-17/h2-3,6,9-11,13H,4-5,7-8H2,1H3,(H,19,20,23). The van der Waals surface area contributed by atoms with Crippen molar-refractivity contribution in [1.82, 2.24) is 24.9 Å². The van der Waals surface area contributed by atoms with Crippen LogP contribution < -0.4 is 10.2 Å². The Hall–Kier alpha value is -2.83. The van der Waals surface area contributed by atoms with E-state index in [0.717, 1.165) is 54.3 Å². The van der Waals surface area contributed by atoms with Crippen LogP contribution in [-0.4, -0.2) is 44.1 Å². The highest BCUT2D eigenvalue weighted by atomic mass is 15.2. The molecule has 3 aromatic rings. The molecule has 0 spiro atoms. The number of anilines is 2. The van der Waals surface area contributed by atoms with Gasteiger partial charge in [-0.15, -0.1) is 0 Å². The number of nitrogens with one attached hydrogen (secondary N) is 1. The number of rotatable bonds is 3. The molecular formula is C17H19N7. The lowest BCUT2D eigenvalue weighted by Crippen LogP contribution is -2.39. The molecule has 1 saturated heterocycles. The summed E-state index contributed by atoms with van der Waals surface area (Å²) in [7, 11) is 0. The van der Waals surface area contributed by atoms with Crippen molar-refractivity contribution >= 4 is 22.7 Å². The van der Waals surface area contributed by atoms with Crippen molar-refractivity contribution in [1.29, 1.82) is 0 Å². The van der Waals surface area contributed by atoms with Crippen LogP contribution in [0.1, 0.15) is 18.5 Å². The van der Waals surface area contributed by atoms with Crippen molar-refractivity contribution in [2.75, 3.05) is 23.3 Å². The summed E-state index contributed by atoms with van der Waals surface area (Å²) in [6.45, 7) is 3.87. The molecule has 7 heteroatoms. The lowest BCUT2D eigenvalue weighted by molar-refractivity contribution is 0.523. The first-order valence-corrected chi connectivity index (χ1v) is 8.15. The Labute approximate surface area is 140 Å². The predicted octanol–water partition coefficient (Wildman–Crippen LogP) is 2.20. The zero-order valence-electron chi connectivity index (χ0n) is 13.6. The molecule has 1 N–H and O–H groups in total. The Morgan fingerprint density at radius 3 is 2.71 bits per heavy atom. The van der Waals surface area contributed by atoms with Crippen LogP contribution in [-0.2, 0) is 0 Å². The molecule has 3 aromatic heterocycles. The molecule has 0 bridgehead atoms. The summed E-state index contributed by atoms with van der Waals surface area (Å²) < 4.78 is 0. The third-order valence-corrected chi connectivity index (χ3v) is 4.34. The average molecular weight is 321 g/mol. The Kier molecular flexibility index (Phi) is 3.90. The minimum absolute atomic E-state index is 0.418. The van der Waals surface area contributed by atoms with E-state index in [1.54, 1.807) is 18.9 Å². The molecular weight excluding hydrogens is 302 g/mol. The van der Waals surface area contributed by atoms with Crippen molar-refractivity contribution in [2.24, 2.45) is 0 Å². The van der Waals surface area contributed by atoms with Crippen molar-refractivity contribution < 1.29 is 0 Å². The van der Waals surface area contributed by atoms with E-state index >= 15 is 0 Å². The number of aromatic nitrogens is 5. The number of fused-ring (bicyclic) bond motifs is 1. The second-order valence-corrected chi connectivity index (χ2v) is 6.02. The fourth-order valence-electron chi connectivity index (χ4n) is 3.11. The fraction of sp³-hybridized carbons (Fsp3) is 0.353. The second kappa shape index (κ2) is 6.35. The molecule has 0 aromatic carbocycles. The van der Waals surface area contributed by atoms with E-state index < -0.39 is 0 Å². The molecule has 4 rings (SSSR count). The van der Waals surface area contributed by atoms with Gasteiger partial charge in [-0.25, -0.2) is 24.9 Å². The second-order valence-electron chi connectivity index (χ2n) is 6.02. The molecule has 1 aliphatic heterocycles. The number of piperidine rings is 1. The minimum Gasteiger partial charge on any atom is -0.367 e. The summed E-state index contributed by atoms with van der Waals surface area (Å²) in [6.07, 6.45) is 7.04. The lowest BCUT2D eigenvalue weighted by atomic mass is 10.0. The SMILES string of the molecule is Cc1cc(NC2CCN(c3ncnc4ncccc34)CC2)ncn1. The van der Waals surface area contributed by atoms with Gasteiger partial charge in [0.25, 0.3) is 0 Å². The van der Waals surface area contributed by atoms with Crippen LogP contribution in [0.4, 0.5) is 11.6 Å². The van der Waals surface area contributed by atoms with Gasteiger partial charge in [0.2, 0.25) is 0 Å². The number of hydrogen-bond acceptors (Lipinski definition) is 7. The summed E-state index contributed by atoms with van der Waals surface area (Å²) in [5.41, 5.74) is 1.73. The van der Waals surface area contributed by atoms with Crippen LogP contribution in [0.15, 0.2) is 37.1 Å². The van der Waals surface area contributed by atoms with Gasteiger partial charge in [0, 0.05) is 37.1 Å². The monoisotopic (exact) mass is 321 g/mol. The molecule has 0 unspecified atom stereocenters. The summed E-state index contributed by atoms with van der Waals surface area (Å²) in [6, 6.07) is 6.37. The summed E-state index contributed by atoms with van der Waals surface area (Å²) in [5, 5.41) is 4.52. The molecule has 0 saturated carbocycles. The fourth-order valence-corrected chi connectivity index (χ4v) is 3.11.